The minimum atomic E-state index is -0.0547. The van der Waals surface area contributed by atoms with Crippen LogP contribution in [0.5, 0.6) is 0 Å². The molecule has 1 aliphatic rings. The van der Waals surface area contributed by atoms with Gasteiger partial charge in [-0.3, -0.25) is 5.17 Å². The molecule has 0 fully saturated rings. The number of hydrazine groups is 1. The number of benzene rings is 1. The quantitative estimate of drug-likeness (QED) is 0.683. The first kappa shape index (κ1) is 9.49. The highest BCUT2D eigenvalue weighted by atomic mass is 16.6. The van der Waals surface area contributed by atoms with Gasteiger partial charge < -0.3 is 10.2 Å². The molecule has 0 saturated carbocycles. The van der Waals surface area contributed by atoms with Crippen LogP contribution in [0.4, 0.5) is 5.69 Å². The van der Waals surface area contributed by atoms with E-state index in [-0.39, 0.29) is 6.04 Å². The fourth-order valence-corrected chi connectivity index (χ4v) is 1.93. The van der Waals surface area contributed by atoms with Crippen molar-refractivity contribution >= 4 is 5.69 Å². The van der Waals surface area contributed by atoms with Crippen molar-refractivity contribution in [3.63, 3.8) is 0 Å². The van der Waals surface area contributed by atoms with Gasteiger partial charge in [0.1, 0.15) is 0 Å². The second-order valence-corrected chi connectivity index (χ2v) is 3.75. The Morgan fingerprint density at radius 1 is 1.43 bits per heavy atom. The van der Waals surface area contributed by atoms with Crippen LogP contribution in [0.15, 0.2) is 18.2 Å². The molecule has 1 heterocycles. The van der Waals surface area contributed by atoms with Crippen molar-refractivity contribution in [2.24, 2.45) is 0 Å². The van der Waals surface area contributed by atoms with E-state index in [0.29, 0.717) is 0 Å². The second kappa shape index (κ2) is 3.26. The molecule has 1 aliphatic heterocycles. The summed E-state index contributed by atoms with van der Waals surface area (Å²) in [5, 5.41) is 14.3. The van der Waals surface area contributed by atoms with Gasteiger partial charge in [0.25, 0.3) is 0 Å². The number of rotatable bonds is 1. The summed E-state index contributed by atoms with van der Waals surface area (Å²) in [7, 11) is 1.81. The average Bonchev–Trinajstić information content (AvgIpc) is 2.44. The lowest BCUT2D eigenvalue weighted by Crippen LogP contribution is -2.30. The Balaban J connectivity index is 2.48. The van der Waals surface area contributed by atoms with Crippen LogP contribution in [0.1, 0.15) is 31.0 Å². The van der Waals surface area contributed by atoms with Crippen molar-refractivity contribution in [2.45, 2.75) is 26.3 Å². The molecule has 3 nitrogen and oxygen atoms in total. The zero-order valence-corrected chi connectivity index (χ0v) is 8.82. The molecule has 1 aromatic rings. The van der Waals surface area contributed by atoms with Crippen LogP contribution in [0, 0.1) is 5.21 Å². The maximum Gasteiger partial charge on any atom is 0.0559 e. The van der Waals surface area contributed by atoms with Crippen LogP contribution in [-0.2, 0) is 6.42 Å². The van der Waals surface area contributed by atoms with Gasteiger partial charge in [0.05, 0.1) is 5.69 Å². The van der Waals surface area contributed by atoms with Crippen LogP contribution in [-0.4, -0.2) is 12.2 Å². The summed E-state index contributed by atoms with van der Waals surface area (Å²) in [5.41, 5.74) is 3.45. The minimum Gasteiger partial charge on any atom is -0.767 e. The highest BCUT2D eigenvalue weighted by molar-refractivity contribution is 5.59. The molecule has 0 aliphatic carbocycles. The highest BCUT2D eigenvalue weighted by Gasteiger charge is 2.24. The van der Waals surface area contributed by atoms with E-state index in [1.165, 1.54) is 5.56 Å². The molecule has 0 bridgehead atoms. The Kier molecular flexibility index (Phi) is 2.21. The van der Waals surface area contributed by atoms with Crippen molar-refractivity contribution in [1.29, 1.82) is 0 Å². The van der Waals surface area contributed by atoms with Crippen molar-refractivity contribution in [2.75, 3.05) is 12.1 Å². The van der Waals surface area contributed by atoms with Gasteiger partial charge in [0, 0.05) is 13.1 Å². The zero-order valence-electron chi connectivity index (χ0n) is 8.82. The summed E-state index contributed by atoms with van der Waals surface area (Å²) < 4.78 is 0. The molecule has 14 heavy (non-hydrogen) atoms. The maximum atomic E-state index is 11.6. The summed E-state index contributed by atoms with van der Waals surface area (Å²) in [6, 6.07) is 6.21. The molecule has 0 aromatic heterocycles. The van der Waals surface area contributed by atoms with E-state index in [1.54, 1.807) is 5.01 Å². The first-order valence-corrected chi connectivity index (χ1v) is 4.98. The van der Waals surface area contributed by atoms with Gasteiger partial charge in [0.15, 0.2) is 0 Å². The Hall–Kier alpha value is -1.06. The van der Waals surface area contributed by atoms with E-state index in [9.17, 15) is 5.21 Å². The first-order chi connectivity index (χ1) is 6.65. The van der Waals surface area contributed by atoms with Gasteiger partial charge in [-0.25, -0.2) is 0 Å². The number of nitrogens with zero attached hydrogens (tertiary/aromatic N) is 2. The number of fused-ring (bicyclic) bond motifs is 1. The van der Waals surface area contributed by atoms with Crippen molar-refractivity contribution in [3.05, 3.63) is 34.5 Å². The third-order valence-electron chi connectivity index (χ3n) is 2.93. The highest BCUT2D eigenvalue weighted by Crippen LogP contribution is 2.38. The molecule has 0 radical (unpaired) electrons. The Bertz CT molecular complexity index is 351. The average molecular weight is 191 g/mol. The lowest BCUT2D eigenvalue weighted by molar-refractivity contribution is 0.320. The maximum absolute atomic E-state index is 11.6. The molecule has 0 N–H and O–H groups in total. The number of hydrogen-bond donors (Lipinski definition) is 0. The molecular weight excluding hydrogens is 176 g/mol. The van der Waals surface area contributed by atoms with Gasteiger partial charge in [-0.2, -0.15) is 0 Å². The minimum absolute atomic E-state index is 0.0547. The monoisotopic (exact) mass is 191 g/mol. The van der Waals surface area contributed by atoms with Crippen LogP contribution >= 0.6 is 0 Å². The first-order valence-electron chi connectivity index (χ1n) is 4.98. The van der Waals surface area contributed by atoms with E-state index in [2.05, 4.69) is 25.1 Å². The Labute approximate surface area is 84.5 Å². The standard InChI is InChI=1S/C11H15N2O/c1-4-9-5-6-10-8(2)13(14)12(3)11(10)7-9/h5-8H,4H2,1-3H3/q-1. The van der Waals surface area contributed by atoms with Gasteiger partial charge in [-0.05, 0) is 30.5 Å². The van der Waals surface area contributed by atoms with E-state index in [4.69, 9.17) is 0 Å². The molecule has 1 aromatic carbocycles. The van der Waals surface area contributed by atoms with E-state index in [1.807, 2.05) is 14.0 Å². The molecule has 1 atom stereocenters. The largest absolute Gasteiger partial charge is 0.767 e. The topological polar surface area (TPSA) is 29.5 Å². The lowest BCUT2D eigenvalue weighted by atomic mass is 10.0. The molecule has 0 saturated heterocycles. The fraction of sp³-hybridized carbons (Fsp3) is 0.455. The van der Waals surface area contributed by atoms with E-state index < -0.39 is 0 Å². The number of hydroxylamine groups is 1. The summed E-state index contributed by atoms with van der Waals surface area (Å²) >= 11 is 0. The van der Waals surface area contributed by atoms with Crippen LogP contribution in [0.3, 0.4) is 0 Å². The van der Waals surface area contributed by atoms with Crippen molar-refractivity contribution < 1.29 is 0 Å². The summed E-state index contributed by atoms with van der Waals surface area (Å²) in [4.78, 5) is 0. The van der Waals surface area contributed by atoms with Gasteiger partial charge in [0.2, 0.25) is 0 Å². The van der Waals surface area contributed by atoms with E-state index >= 15 is 0 Å². The zero-order chi connectivity index (χ0) is 10.3. The third-order valence-corrected chi connectivity index (χ3v) is 2.93. The molecule has 2 rings (SSSR count). The normalized spacial score (nSPS) is 21.4. The van der Waals surface area contributed by atoms with Gasteiger partial charge in [-0.15, -0.1) is 0 Å². The summed E-state index contributed by atoms with van der Waals surface area (Å²) in [5.74, 6) is 0. The molecule has 1 unspecified atom stereocenters. The molecule has 76 valence electrons. The van der Waals surface area contributed by atoms with Crippen LogP contribution in [0.2, 0.25) is 0 Å². The number of hydrogen-bond acceptors (Lipinski definition) is 3. The second-order valence-electron chi connectivity index (χ2n) is 3.75. The molecule has 3 heteroatoms. The van der Waals surface area contributed by atoms with Gasteiger partial charge in [-0.1, -0.05) is 19.1 Å². The van der Waals surface area contributed by atoms with Crippen LogP contribution in [0.25, 0.3) is 0 Å². The van der Waals surface area contributed by atoms with Gasteiger partial charge >= 0.3 is 0 Å². The fourth-order valence-electron chi connectivity index (χ4n) is 1.93. The number of anilines is 1. The van der Waals surface area contributed by atoms with Crippen molar-refractivity contribution in [3.8, 4) is 0 Å². The smallest absolute Gasteiger partial charge is 0.0559 e. The number of aryl methyl sites for hydroxylation is 1. The third kappa shape index (κ3) is 1.21. The van der Waals surface area contributed by atoms with E-state index in [0.717, 1.165) is 22.8 Å². The Morgan fingerprint density at radius 3 is 2.79 bits per heavy atom. The SMILES string of the molecule is CCc1ccc2c(c1)N(C)N([O-])C2C. The van der Waals surface area contributed by atoms with Crippen LogP contribution < -0.4 is 5.01 Å². The predicted octanol–water partition coefficient (Wildman–Crippen LogP) is 2.47. The predicted molar refractivity (Wildman–Crippen MR) is 57.8 cm³/mol. The Morgan fingerprint density at radius 2 is 2.14 bits per heavy atom. The summed E-state index contributed by atoms with van der Waals surface area (Å²) in [6.07, 6.45) is 1.01. The molecular formula is C11H15N2O-. The molecule has 0 amide bonds. The van der Waals surface area contributed by atoms with Crippen molar-refractivity contribution in [1.82, 2.24) is 5.17 Å². The summed E-state index contributed by atoms with van der Waals surface area (Å²) in [6.45, 7) is 4.05. The lowest BCUT2D eigenvalue weighted by Gasteiger charge is -2.35. The molecule has 0 spiro atoms.